The maximum atomic E-state index is 11.9. The van der Waals surface area contributed by atoms with Crippen molar-refractivity contribution >= 4 is 12.0 Å². The van der Waals surface area contributed by atoms with Gasteiger partial charge in [-0.1, -0.05) is 0 Å². The zero-order valence-electron chi connectivity index (χ0n) is 12.7. The first kappa shape index (κ1) is 15.0. The van der Waals surface area contributed by atoms with Crippen LogP contribution in [0.25, 0.3) is 0 Å². The number of nitrogens with zero attached hydrogens (tertiary/aromatic N) is 3. The highest BCUT2D eigenvalue weighted by molar-refractivity contribution is 5.74. The molecule has 2 amide bonds. The Morgan fingerprint density at radius 1 is 1.27 bits per heavy atom. The molecule has 7 heteroatoms. The van der Waals surface area contributed by atoms with Gasteiger partial charge in [0.1, 0.15) is 0 Å². The molecule has 2 aliphatic heterocycles. The van der Waals surface area contributed by atoms with Crippen LogP contribution in [-0.2, 0) is 4.74 Å². The molecule has 0 radical (unpaired) electrons. The number of aromatic nitrogens is 2. The standard InChI is InChI=1S/C15H23N5O2/c21-15(18-11-13-3-1-10-22-13)19-12-4-8-20(9-5-12)14-16-6-2-7-17-14/h2,6-7,12-13H,1,3-5,8-11H2,(H2,18,19,21). The molecule has 22 heavy (non-hydrogen) atoms. The van der Waals surface area contributed by atoms with E-state index in [1.807, 2.05) is 6.07 Å². The number of piperidine rings is 1. The summed E-state index contributed by atoms with van der Waals surface area (Å²) in [6, 6.07) is 1.94. The molecule has 120 valence electrons. The Hall–Kier alpha value is -1.89. The largest absolute Gasteiger partial charge is 0.376 e. The third-order valence-electron chi connectivity index (χ3n) is 4.18. The van der Waals surface area contributed by atoms with Crippen molar-refractivity contribution in [2.75, 3.05) is 31.1 Å². The van der Waals surface area contributed by atoms with Crippen LogP contribution >= 0.6 is 0 Å². The first-order valence-electron chi connectivity index (χ1n) is 7.99. The third-order valence-corrected chi connectivity index (χ3v) is 4.18. The van der Waals surface area contributed by atoms with E-state index in [0.29, 0.717) is 6.54 Å². The molecule has 2 aliphatic rings. The number of urea groups is 1. The summed E-state index contributed by atoms with van der Waals surface area (Å²) in [6.07, 6.45) is 7.64. The summed E-state index contributed by atoms with van der Waals surface area (Å²) >= 11 is 0. The normalized spacial score (nSPS) is 22.5. The maximum Gasteiger partial charge on any atom is 0.315 e. The van der Waals surface area contributed by atoms with Gasteiger partial charge in [0, 0.05) is 44.7 Å². The first-order valence-corrected chi connectivity index (χ1v) is 7.99. The zero-order chi connectivity index (χ0) is 15.2. The molecule has 1 aromatic heterocycles. The van der Waals surface area contributed by atoms with E-state index in [1.165, 1.54) is 0 Å². The lowest BCUT2D eigenvalue weighted by atomic mass is 10.1. The van der Waals surface area contributed by atoms with Crippen LogP contribution in [0.3, 0.4) is 0 Å². The Morgan fingerprint density at radius 3 is 2.73 bits per heavy atom. The lowest BCUT2D eigenvalue weighted by Crippen LogP contribution is -2.49. The second kappa shape index (κ2) is 7.40. The van der Waals surface area contributed by atoms with Gasteiger partial charge in [-0.15, -0.1) is 0 Å². The van der Waals surface area contributed by atoms with Gasteiger partial charge < -0.3 is 20.3 Å². The lowest BCUT2D eigenvalue weighted by molar-refractivity contribution is 0.111. The van der Waals surface area contributed by atoms with E-state index in [1.54, 1.807) is 12.4 Å². The molecule has 0 spiro atoms. The van der Waals surface area contributed by atoms with Gasteiger partial charge in [0.25, 0.3) is 0 Å². The fraction of sp³-hybridized carbons (Fsp3) is 0.667. The van der Waals surface area contributed by atoms with Gasteiger partial charge in [-0.05, 0) is 31.7 Å². The molecule has 7 nitrogen and oxygen atoms in total. The molecular weight excluding hydrogens is 282 g/mol. The molecule has 0 aromatic carbocycles. The number of carbonyl (C=O) groups is 1. The van der Waals surface area contributed by atoms with E-state index >= 15 is 0 Å². The molecule has 2 fully saturated rings. The Morgan fingerprint density at radius 2 is 2.05 bits per heavy atom. The van der Waals surface area contributed by atoms with Crippen molar-refractivity contribution in [3.05, 3.63) is 18.5 Å². The molecule has 1 aromatic rings. The molecule has 1 atom stereocenters. The molecule has 0 aliphatic carbocycles. The number of anilines is 1. The Balaban J connectivity index is 1.37. The average molecular weight is 305 g/mol. The lowest BCUT2D eigenvalue weighted by Gasteiger charge is -2.32. The second-order valence-corrected chi connectivity index (χ2v) is 5.80. The summed E-state index contributed by atoms with van der Waals surface area (Å²) in [5.74, 6) is 0.767. The molecule has 0 saturated carbocycles. The Kier molecular flexibility index (Phi) is 5.05. The number of rotatable bonds is 4. The molecule has 2 N–H and O–H groups in total. The van der Waals surface area contributed by atoms with E-state index in [9.17, 15) is 4.79 Å². The van der Waals surface area contributed by atoms with Crippen LogP contribution in [-0.4, -0.2) is 54.4 Å². The number of carbonyl (C=O) groups excluding carboxylic acids is 1. The van der Waals surface area contributed by atoms with Gasteiger partial charge in [0.2, 0.25) is 5.95 Å². The molecule has 3 heterocycles. The highest BCUT2D eigenvalue weighted by Crippen LogP contribution is 2.15. The number of ether oxygens (including phenoxy) is 1. The van der Waals surface area contributed by atoms with Crippen LogP contribution in [0.5, 0.6) is 0 Å². The second-order valence-electron chi connectivity index (χ2n) is 5.80. The number of hydrogen-bond donors (Lipinski definition) is 2. The van der Waals surface area contributed by atoms with Crippen LogP contribution in [0, 0.1) is 0 Å². The topological polar surface area (TPSA) is 79.4 Å². The van der Waals surface area contributed by atoms with Gasteiger partial charge in [-0.25, -0.2) is 14.8 Å². The van der Waals surface area contributed by atoms with E-state index < -0.39 is 0 Å². The van der Waals surface area contributed by atoms with Crippen LogP contribution in [0.4, 0.5) is 10.7 Å². The Labute approximate surface area is 130 Å². The van der Waals surface area contributed by atoms with Gasteiger partial charge in [0.05, 0.1) is 6.10 Å². The highest BCUT2D eigenvalue weighted by atomic mass is 16.5. The van der Waals surface area contributed by atoms with Crippen LogP contribution < -0.4 is 15.5 Å². The summed E-state index contributed by atoms with van der Waals surface area (Å²) in [7, 11) is 0. The summed E-state index contributed by atoms with van der Waals surface area (Å²) < 4.78 is 5.49. The van der Waals surface area contributed by atoms with Gasteiger partial charge in [-0.3, -0.25) is 0 Å². The predicted octanol–water partition coefficient (Wildman–Crippen LogP) is 0.924. The minimum atomic E-state index is -0.0927. The van der Waals surface area contributed by atoms with Crippen molar-refractivity contribution in [2.24, 2.45) is 0 Å². The zero-order valence-corrected chi connectivity index (χ0v) is 12.7. The monoisotopic (exact) mass is 305 g/mol. The molecule has 1 unspecified atom stereocenters. The Bertz CT molecular complexity index is 470. The predicted molar refractivity (Wildman–Crippen MR) is 82.8 cm³/mol. The van der Waals surface area contributed by atoms with Crippen molar-refractivity contribution in [3.63, 3.8) is 0 Å². The van der Waals surface area contributed by atoms with E-state index in [2.05, 4.69) is 25.5 Å². The number of amides is 2. The van der Waals surface area contributed by atoms with E-state index in [4.69, 9.17) is 4.74 Å². The fourth-order valence-corrected chi connectivity index (χ4v) is 2.93. The van der Waals surface area contributed by atoms with Crippen molar-refractivity contribution in [1.82, 2.24) is 20.6 Å². The van der Waals surface area contributed by atoms with E-state index in [-0.39, 0.29) is 18.2 Å². The van der Waals surface area contributed by atoms with Gasteiger partial charge in [0.15, 0.2) is 0 Å². The molecule has 3 rings (SSSR count). The third kappa shape index (κ3) is 4.07. The van der Waals surface area contributed by atoms with Crippen molar-refractivity contribution in [1.29, 1.82) is 0 Å². The maximum absolute atomic E-state index is 11.9. The smallest absolute Gasteiger partial charge is 0.315 e. The van der Waals surface area contributed by atoms with Gasteiger partial charge in [-0.2, -0.15) is 0 Å². The quantitative estimate of drug-likeness (QED) is 0.865. The van der Waals surface area contributed by atoms with Crippen LogP contribution in [0.2, 0.25) is 0 Å². The average Bonchev–Trinajstić information content (AvgIpc) is 3.08. The molecular formula is C15H23N5O2. The summed E-state index contributed by atoms with van der Waals surface area (Å²) in [4.78, 5) is 22.6. The fourth-order valence-electron chi connectivity index (χ4n) is 2.93. The minimum absolute atomic E-state index is 0.0927. The van der Waals surface area contributed by atoms with Crippen molar-refractivity contribution < 1.29 is 9.53 Å². The van der Waals surface area contributed by atoms with Gasteiger partial charge >= 0.3 is 6.03 Å². The van der Waals surface area contributed by atoms with Crippen LogP contribution in [0.1, 0.15) is 25.7 Å². The summed E-state index contributed by atoms with van der Waals surface area (Å²) in [5, 5.41) is 5.94. The van der Waals surface area contributed by atoms with Crippen molar-refractivity contribution in [3.8, 4) is 0 Å². The number of hydrogen-bond acceptors (Lipinski definition) is 5. The van der Waals surface area contributed by atoms with Crippen LogP contribution in [0.15, 0.2) is 18.5 Å². The molecule has 0 bridgehead atoms. The summed E-state index contributed by atoms with van der Waals surface area (Å²) in [6.45, 7) is 3.14. The summed E-state index contributed by atoms with van der Waals surface area (Å²) in [5.41, 5.74) is 0. The van der Waals surface area contributed by atoms with E-state index in [0.717, 1.165) is 51.3 Å². The number of nitrogens with one attached hydrogen (secondary N) is 2. The van der Waals surface area contributed by atoms with Crippen molar-refractivity contribution in [2.45, 2.75) is 37.8 Å². The SMILES string of the molecule is O=C(NCC1CCCO1)NC1CCN(c2ncccn2)CC1. The minimum Gasteiger partial charge on any atom is -0.376 e. The first-order chi connectivity index (χ1) is 10.8. The highest BCUT2D eigenvalue weighted by Gasteiger charge is 2.22. The molecule has 2 saturated heterocycles.